The Morgan fingerprint density at radius 3 is 1.08 bits per heavy atom. The lowest BCUT2D eigenvalue weighted by molar-refractivity contribution is -0.861. The van der Waals surface area contributed by atoms with Gasteiger partial charge in [-0.05, 0) is 11.1 Å². The van der Waals surface area contributed by atoms with E-state index in [-0.39, 0.29) is 11.6 Å². The lowest BCUT2D eigenvalue weighted by atomic mass is 10.00. The monoisotopic (exact) mass is 354 g/mol. The van der Waals surface area contributed by atoms with E-state index < -0.39 is 0 Å². The third kappa shape index (κ3) is 5.90. The summed E-state index contributed by atoms with van der Waals surface area (Å²) >= 11 is 0. The number of carbonyl (C=O) groups is 2. The van der Waals surface area contributed by atoms with Gasteiger partial charge >= 0.3 is 0 Å². The Morgan fingerprint density at radius 1 is 0.577 bits per heavy atom. The van der Waals surface area contributed by atoms with E-state index in [1.807, 2.05) is 90.8 Å². The smallest absolute Gasteiger partial charge is 0.216 e. The van der Waals surface area contributed by atoms with Gasteiger partial charge in [-0.1, -0.05) is 48.5 Å². The molecule has 0 heterocycles. The summed E-state index contributed by atoms with van der Waals surface area (Å²) in [6.45, 7) is 0.949. The fourth-order valence-electron chi connectivity index (χ4n) is 2.74. The van der Waals surface area contributed by atoms with Gasteiger partial charge in [0, 0.05) is 11.1 Å². The molecule has 0 unspecified atom stereocenters. The highest BCUT2D eigenvalue weighted by Gasteiger charge is 2.17. The van der Waals surface area contributed by atoms with Gasteiger partial charge < -0.3 is 8.97 Å². The number of hydrogen-bond donors (Lipinski definition) is 0. The van der Waals surface area contributed by atoms with Crippen LogP contribution in [0.1, 0.15) is 20.7 Å². The van der Waals surface area contributed by atoms with Crippen molar-refractivity contribution in [1.82, 2.24) is 0 Å². The van der Waals surface area contributed by atoms with Crippen LogP contribution < -0.4 is 0 Å². The van der Waals surface area contributed by atoms with Gasteiger partial charge in [-0.2, -0.15) is 0 Å². The first kappa shape index (κ1) is 20.0. The zero-order valence-corrected chi connectivity index (χ0v) is 16.7. The topological polar surface area (TPSA) is 34.1 Å². The standard InChI is InChI=1S/C22H30N2O2/c1-23(2,3)15-21(25)19-11-7-17(8-12-19)18-9-13-20(14-10-18)22(26)16-24(4,5)6/h7-14H,15-16H2,1-6H3/q+2. The van der Waals surface area contributed by atoms with Crippen molar-refractivity contribution in [3.63, 3.8) is 0 Å². The largest absolute Gasteiger partial charge is 0.324 e. The molecule has 0 aliphatic rings. The molecule has 0 aliphatic heterocycles. The predicted molar refractivity (Wildman–Crippen MR) is 106 cm³/mol. The van der Waals surface area contributed by atoms with Gasteiger partial charge in [0.15, 0.2) is 0 Å². The number of carbonyl (C=O) groups excluding carboxylic acids is 2. The molecule has 0 aliphatic carbocycles. The van der Waals surface area contributed by atoms with Crippen molar-refractivity contribution < 1.29 is 18.6 Å². The first-order valence-corrected chi connectivity index (χ1v) is 8.82. The molecule has 0 bridgehead atoms. The Bertz CT molecular complexity index is 707. The number of Topliss-reactive ketones (excluding diaryl/α,β-unsaturated/α-hetero) is 2. The highest BCUT2D eigenvalue weighted by atomic mass is 16.1. The van der Waals surface area contributed by atoms with Gasteiger partial charge in [-0.15, -0.1) is 0 Å². The molecule has 0 aromatic heterocycles. The molecular weight excluding hydrogens is 324 g/mol. The van der Waals surface area contributed by atoms with E-state index in [9.17, 15) is 9.59 Å². The SMILES string of the molecule is C[N+](C)(C)CC(=O)c1ccc(-c2ccc(C(=O)C[N+](C)(C)C)cc2)cc1. The van der Waals surface area contributed by atoms with Crippen LogP contribution in [0.3, 0.4) is 0 Å². The maximum absolute atomic E-state index is 12.3. The molecule has 0 radical (unpaired) electrons. The van der Waals surface area contributed by atoms with Crippen LogP contribution >= 0.6 is 0 Å². The summed E-state index contributed by atoms with van der Waals surface area (Å²) in [5, 5.41) is 0. The van der Waals surface area contributed by atoms with E-state index >= 15 is 0 Å². The number of ketones is 2. The zero-order chi connectivity index (χ0) is 19.5. The molecule has 0 amide bonds. The second-order valence-corrected chi connectivity index (χ2v) is 8.90. The normalized spacial score (nSPS) is 12.1. The summed E-state index contributed by atoms with van der Waals surface area (Å²) in [7, 11) is 12.0. The number of benzene rings is 2. The minimum atomic E-state index is 0.144. The van der Waals surface area contributed by atoms with E-state index in [0.29, 0.717) is 22.1 Å². The number of quaternary nitrogens is 2. The molecule has 0 atom stereocenters. The molecule has 2 rings (SSSR count). The molecule has 0 fully saturated rings. The van der Waals surface area contributed by atoms with E-state index in [1.54, 1.807) is 0 Å². The van der Waals surface area contributed by atoms with Crippen LogP contribution in [0.15, 0.2) is 48.5 Å². The van der Waals surface area contributed by atoms with Crippen LogP contribution in [0.5, 0.6) is 0 Å². The van der Waals surface area contributed by atoms with Crippen molar-refractivity contribution in [3.8, 4) is 11.1 Å². The minimum absolute atomic E-state index is 0.144. The van der Waals surface area contributed by atoms with Crippen molar-refractivity contribution in [3.05, 3.63) is 59.7 Å². The second kappa shape index (κ2) is 7.52. The van der Waals surface area contributed by atoms with Crippen molar-refractivity contribution >= 4 is 11.6 Å². The van der Waals surface area contributed by atoms with E-state index in [4.69, 9.17) is 0 Å². The fraction of sp³-hybridized carbons (Fsp3) is 0.364. The van der Waals surface area contributed by atoms with Crippen LogP contribution in [0.4, 0.5) is 0 Å². The van der Waals surface area contributed by atoms with Crippen LogP contribution in [0.2, 0.25) is 0 Å². The predicted octanol–water partition coefficient (Wildman–Crippen LogP) is 3.13. The Kier molecular flexibility index (Phi) is 5.79. The molecule has 0 spiro atoms. The highest BCUT2D eigenvalue weighted by Crippen LogP contribution is 2.21. The number of nitrogens with zero attached hydrogens (tertiary/aromatic N) is 2. The lowest BCUT2D eigenvalue weighted by Gasteiger charge is -2.22. The van der Waals surface area contributed by atoms with E-state index in [1.165, 1.54) is 0 Å². The average molecular weight is 354 g/mol. The number of rotatable bonds is 7. The Balaban J connectivity index is 2.12. The third-order valence-electron chi connectivity index (χ3n) is 3.98. The molecule has 4 nitrogen and oxygen atoms in total. The molecule has 2 aromatic rings. The Labute approximate surface area is 156 Å². The number of hydrogen-bond acceptors (Lipinski definition) is 2. The summed E-state index contributed by atoms with van der Waals surface area (Å²) in [4.78, 5) is 24.6. The number of likely N-dealkylation sites (N-methyl/N-ethyl adjacent to an activating group) is 2. The average Bonchev–Trinajstić information content (AvgIpc) is 2.52. The molecule has 0 N–H and O–H groups in total. The van der Waals surface area contributed by atoms with Crippen molar-refractivity contribution in [2.24, 2.45) is 0 Å². The van der Waals surface area contributed by atoms with E-state index in [0.717, 1.165) is 22.3 Å². The molecule has 138 valence electrons. The van der Waals surface area contributed by atoms with Crippen molar-refractivity contribution in [2.75, 3.05) is 55.4 Å². The molecule has 26 heavy (non-hydrogen) atoms. The summed E-state index contributed by atoms with van der Waals surface area (Å²) in [5.41, 5.74) is 3.54. The second-order valence-electron chi connectivity index (χ2n) is 8.90. The molecule has 0 saturated carbocycles. The highest BCUT2D eigenvalue weighted by molar-refractivity contribution is 5.98. The molecule has 0 saturated heterocycles. The first-order valence-electron chi connectivity index (χ1n) is 8.82. The quantitative estimate of drug-likeness (QED) is 0.565. The van der Waals surface area contributed by atoms with Crippen molar-refractivity contribution in [1.29, 1.82) is 0 Å². The van der Waals surface area contributed by atoms with Gasteiger partial charge in [-0.3, -0.25) is 9.59 Å². The Morgan fingerprint density at radius 2 is 0.846 bits per heavy atom. The summed E-state index contributed by atoms with van der Waals surface area (Å²) in [6.07, 6.45) is 0. The zero-order valence-electron chi connectivity index (χ0n) is 16.7. The minimum Gasteiger partial charge on any atom is -0.324 e. The summed E-state index contributed by atoms with van der Waals surface area (Å²) < 4.78 is 1.23. The van der Waals surface area contributed by atoms with Gasteiger partial charge in [0.1, 0.15) is 13.1 Å². The van der Waals surface area contributed by atoms with Crippen LogP contribution in [-0.2, 0) is 0 Å². The van der Waals surface area contributed by atoms with Crippen molar-refractivity contribution in [2.45, 2.75) is 0 Å². The fourth-order valence-corrected chi connectivity index (χ4v) is 2.74. The summed E-state index contributed by atoms with van der Waals surface area (Å²) in [5.74, 6) is 0.288. The van der Waals surface area contributed by atoms with E-state index in [2.05, 4.69) is 0 Å². The first-order chi connectivity index (χ1) is 11.9. The molecule has 4 heteroatoms. The van der Waals surface area contributed by atoms with Crippen LogP contribution in [-0.4, -0.2) is 75.9 Å². The van der Waals surface area contributed by atoms with Gasteiger partial charge in [0.05, 0.1) is 42.3 Å². The Hall–Kier alpha value is -2.30. The van der Waals surface area contributed by atoms with Crippen LogP contribution in [0, 0.1) is 0 Å². The lowest BCUT2D eigenvalue weighted by Crippen LogP contribution is -2.39. The van der Waals surface area contributed by atoms with Gasteiger partial charge in [0.25, 0.3) is 0 Å². The molecular formula is C22H30N2O2+2. The molecule has 2 aromatic carbocycles. The summed E-state index contributed by atoms with van der Waals surface area (Å²) in [6, 6.07) is 15.4. The van der Waals surface area contributed by atoms with Gasteiger partial charge in [0.2, 0.25) is 11.6 Å². The maximum Gasteiger partial charge on any atom is 0.216 e. The maximum atomic E-state index is 12.3. The third-order valence-corrected chi connectivity index (χ3v) is 3.98. The van der Waals surface area contributed by atoms with Gasteiger partial charge in [-0.25, -0.2) is 0 Å². The van der Waals surface area contributed by atoms with Crippen LogP contribution in [0.25, 0.3) is 11.1 Å².